The highest BCUT2D eigenvalue weighted by atomic mass is 16.3. The predicted molar refractivity (Wildman–Crippen MR) is 141 cm³/mol. The maximum absolute atomic E-state index is 13.3. The summed E-state index contributed by atoms with van der Waals surface area (Å²) < 4.78 is 0. The van der Waals surface area contributed by atoms with Crippen molar-refractivity contribution in [1.82, 2.24) is 15.0 Å². The van der Waals surface area contributed by atoms with E-state index in [0.717, 1.165) is 33.5 Å². The van der Waals surface area contributed by atoms with Crippen molar-refractivity contribution < 1.29 is 9.90 Å². The zero-order valence-electron chi connectivity index (χ0n) is 19.4. The van der Waals surface area contributed by atoms with Crippen LogP contribution < -0.4 is 21.3 Å². The Morgan fingerprint density at radius 2 is 1.83 bits per heavy atom. The molecule has 0 spiro atoms. The third-order valence-corrected chi connectivity index (χ3v) is 6.17. The molecule has 3 aromatic carbocycles. The van der Waals surface area contributed by atoms with Crippen LogP contribution >= 0.6 is 0 Å². The fourth-order valence-corrected chi connectivity index (χ4v) is 4.25. The molecule has 1 aliphatic heterocycles. The van der Waals surface area contributed by atoms with E-state index < -0.39 is 0 Å². The van der Waals surface area contributed by atoms with Gasteiger partial charge in [0, 0.05) is 30.2 Å². The van der Waals surface area contributed by atoms with E-state index in [1.165, 1.54) is 0 Å². The number of nitrogens with one attached hydrogen (secondary N) is 5. The zero-order valence-corrected chi connectivity index (χ0v) is 19.4. The van der Waals surface area contributed by atoms with E-state index >= 15 is 0 Å². The Hall–Kier alpha value is -5.05. The number of hydrogen-bond donors (Lipinski definition) is 6. The molecule has 0 radical (unpaired) electrons. The number of carbonyl (C=O) groups excluding carboxylic acids is 1. The molecular formula is C27H23N7O2. The number of amides is 1. The Kier molecular flexibility index (Phi) is 5.15. The lowest BCUT2D eigenvalue weighted by Crippen LogP contribution is -2.14. The van der Waals surface area contributed by atoms with Gasteiger partial charge in [0.2, 0.25) is 0 Å². The van der Waals surface area contributed by atoms with Crippen LogP contribution in [0.3, 0.4) is 0 Å². The molecule has 0 aliphatic carbocycles. The summed E-state index contributed by atoms with van der Waals surface area (Å²) >= 11 is 0. The minimum Gasteiger partial charge on any atom is -0.508 e. The van der Waals surface area contributed by atoms with Crippen LogP contribution in [-0.4, -0.2) is 26.0 Å². The number of aromatic nitrogens is 3. The number of pyridine rings is 1. The lowest BCUT2D eigenvalue weighted by Gasteiger charge is -2.14. The van der Waals surface area contributed by atoms with Crippen molar-refractivity contribution in [2.24, 2.45) is 0 Å². The molecule has 6 N–H and O–H groups in total. The maximum Gasteiger partial charge on any atom is 0.261 e. The van der Waals surface area contributed by atoms with Crippen molar-refractivity contribution in [2.75, 3.05) is 21.3 Å². The molecule has 0 bridgehead atoms. The molecule has 0 fully saturated rings. The summed E-state index contributed by atoms with van der Waals surface area (Å²) in [6.07, 6.45) is 3.31. The number of phenols is 1. The smallest absolute Gasteiger partial charge is 0.261 e. The molecule has 5 aromatic rings. The minimum atomic E-state index is -0.279. The Bertz CT molecular complexity index is 1630. The number of hydrogen-bond acceptors (Lipinski definition) is 7. The second kappa shape index (κ2) is 8.62. The Balaban J connectivity index is 1.25. The first-order chi connectivity index (χ1) is 17.5. The van der Waals surface area contributed by atoms with Crippen molar-refractivity contribution in [3.05, 3.63) is 89.9 Å². The molecular weight excluding hydrogens is 454 g/mol. The monoisotopic (exact) mass is 477 g/mol. The van der Waals surface area contributed by atoms with Crippen LogP contribution in [0, 0.1) is 6.92 Å². The first-order valence-corrected chi connectivity index (χ1v) is 11.5. The molecule has 0 saturated carbocycles. The average Bonchev–Trinajstić information content (AvgIpc) is 3.28. The van der Waals surface area contributed by atoms with Gasteiger partial charge in [-0.1, -0.05) is 12.1 Å². The van der Waals surface area contributed by atoms with E-state index in [0.29, 0.717) is 35.0 Å². The van der Waals surface area contributed by atoms with Gasteiger partial charge in [-0.2, -0.15) is 0 Å². The van der Waals surface area contributed by atoms with Crippen molar-refractivity contribution in [3.8, 4) is 5.75 Å². The predicted octanol–water partition coefficient (Wildman–Crippen LogP) is 5.64. The Morgan fingerprint density at radius 3 is 2.75 bits per heavy atom. The van der Waals surface area contributed by atoms with E-state index in [2.05, 4.69) is 36.2 Å². The van der Waals surface area contributed by atoms with Crippen LogP contribution in [0.1, 0.15) is 21.5 Å². The third kappa shape index (κ3) is 4.03. The van der Waals surface area contributed by atoms with Crippen LogP contribution in [-0.2, 0) is 6.54 Å². The number of imidazole rings is 1. The molecule has 0 unspecified atom stereocenters. The summed E-state index contributed by atoms with van der Waals surface area (Å²) in [6, 6.07) is 18.7. The lowest BCUT2D eigenvalue weighted by molar-refractivity contribution is 0.102. The van der Waals surface area contributed by atoms with Gasteiger partial charge in [0.05, 0.1) is 34.4 Å². The molecule has 9 nitrogen and oxygen atoms in total. The Morgan fingerprint density at radius 1 is 0.917 bits per heavy atom. The zero-order chi connectivity index (χ0) is 24.6. The van der Waals surface area contributed by atoms with Gasteiger partial charge < -0.3 is 31.4 Å². The van der Waals surface area contributed by atoms with Gasteiger partial charge in [0.15, 0.2) is 0 Å². The van der Waals surface area contributed by atoms with Crippen LogP contribution in [0.4, 0.5) is 34.3 Å². The molecule has 36 heavy (non-hydrogen) atoms. The van der Waals surface area contributed by atoms with E-state index in [1.54, 1.807) is 30.7 Å². The van der Waals surface area contributed by atoms with Crippen LogP contribution in [0.5, 0.6) is 5.75 Å². The van der Waals surface area contributed by atoms with E-state index in [1.807, 2.05) is 49.4 Å². The summed E-state index contributed by atoms with van der Waals surface area (Å²) in [5.41, 5.74) is 7.89. The lowest BCUT2D eigenvalue weighted by atomic mass is 10.1. The summed E-state index contributed by atoms with van der Waals surface area (Å²) in [7, 11) is 0. The van der Waals surface area contributed by atoms with Crippen molar-refractivity contribution in [1.29, 1.82) is 0 Å². The Labute approximate surface area is 206 Å². The number of nitrogens with zero attached hydrogens (tertiary/aromatic N) is 2. The molecule has 178 valence electrons. The SMILES string of the molecule is Cc1ccc(O)cc1Nc1ccnc2c1C(=O)Nc1cc(CNc3ccc4[nH]cnc4c3)ccc1N2. The highest BCUT2D eigenvalue weighted by molar-refractivity contribution is 6.15. The standard InChI is InChI=1S/C27H23N7O2/c1-15-2-5-18(35)12-22(15)32-21-8-9-28-26-25(21)27(36)34-24-10-16(3-6-20(24)33-26)13-29-17-4-7-19-23(11-17)31-14-30-19/h2-12,14,29,35H,13H2,1H3,(H,30,31)(H,34,36)(H2,28,32,33). The first-order valence-electron chi connectivity index (χ1n) is 11.5. The van der Waals surface area contributed by atoms with Gasteiger partial charge in [0.25, 0.3) is 5.91 Å². The summed E-state index contributed by atoms with van der Waals surface area (Å²) in [4.78, 5) is 25.1. The number of H-pyrrole nitrogens is 1. The van der Waals surface area contributed by atoms with Gasteiger partial charge in [-0.15, -0.1) is 0 Å². The third-order valence-electron chi connectivity index (χ3n) is 6.17. The molecule has 3 heterocycles. The normalized spacial score (nSPS) is 12.2. The van der Waals surface area contributed by atoms with Crippen LogP contribution in [0.15, 0.2) is 73.2 Å². The molecule has 1 aliphatic rings. The first kappa shape index (κ1) is 21.5. The fraction of sp³-hybridized carbons (Fsp3) is 0.0741. The summed E-state index contributed by atoms with van der Waals surface area (Å²) in [6.45, 7) is 2.51. The number of phenolic OH excluding ortho intramolecular Hbond substituents is 1. The molecule has 0 saturated heterocycles. The van der Waals surface area contributed by atoms with E-state index in [9.17, 15) is 9.90 Å². The van der Waals surface area contributed by atoms with Crippen LogP contribution in [0.2, 0.25) is 0 Å². The number of anilines is 6. The largest absolute Gasteiger partial charge is 0.508 e. The van der Waals surface area contributed by atoms with Gasteiger partial charge in [-0.05, 0) is 60.5 Å². The number of fused-ring (bicyclic) bond motifs is 3. The number of carbonyl (C=O) groups is 1. The topological polar surface area (TPSA) is 127 Å². The van der Waals surface area contributed by atoms with Crippen molar-refractivity contribution in [3.63, 3.8) is 0 Å². The fourth-order valence-electron chi connectivity index (χ4n) is 4.25. The highest BCUT2D eigenvalue weighted by Gasteiger charge is 2.24. The molecule has 9 heteroatoms. The maximum atomic E-state index is 13.3. The van der Waals surface area contributed by atoms with Gasteiger partial charge in [-0.3, -0.25) is 4.79 Å². The number of aromatic hydroxyl groups is 1. The number of benzene rings is 3. The van der Waals surface area contributed by atoms with Crippen molar-refractivity contribution in [2.45, 2.75) is 13.5 Å². The van der Waals surface area contributed by atoms with Gasteiger partial charge >= 0.3 is 0 Å². The van der Waals surface area contributed by atoms with Crippen molar-refractivity contribution >= 4 is 51.2 Å². The van der Waals surface area contributed by atoms with E-state index in [-0.39, 0.29) is 11.7 Å². The number of aromatic amines is 1. The highest BCUT2D eigenvalue weighted by Crippen LogP contribution is 2.36. The minimum absolute atomic E-state index is 0.142. The van der Waals surface area contributed by atoms with Gasteiger partial charge in [-0.25, -0.2) is 9.97 Å². The summed E-state index contributed by atoms with van der Waals surface area (Å²) in [5, 5.41) is 22.9. The quantitative estimate of drug-likeness (QED) is 0.193. The van der Waals surface area contributed by atoms with Gasteiger partial charge in [0.1, 0.15) is 17.1 Å². The second-order valence-corrected chi connectivity index (χ2v) is 8.65. The molecule has 6 rings (SSSR count). The second-order valence-electron chi connectivity index (χ2n) is 8.65. The molecule has 0 atom stereocenters. The average molecular weight is 478 g/mol. The van der Waals surface area contributed by atoms with E-state index in [4.69, 9.17) is 0 Å². The summed E-state index contributed by atoms with van der Waals surface area (Å²) in [5.74, 6) is 0.314. The molecule has 1 amide bonds. The number of aryl methyl sites for hydroxylation is 1. The number of rotatable bonds is 5. The molecule has 2 aromatic heterocycles. The van der Waals surface area contributed by atoms with Crippen LogP contribution in [0.25, 0.3) is 11.0 Å².